The van der Waals surface area contributed by atoms with Gasteiger partial charge in [-0.3, -0.25) is 13.9 Å². The summed E-state index contributed by atoms with van der Waals surface area (Å²) in [5.74, 6) is 6.77. The van der Waals surface area contributed by atoms with Crippen LogP contribution in [0.3, 0.4) is 0 Å². The molecule has 0 bridgehead atoms. The summed E-state index contributed by atoms with van der Waals surface area (Å²) in [5, 5.41) is 1.24. The molecule has 0 spiro atoms. The lowest BCUT2D eigenvalue weighted by Gasteiger charge is -2.27. The van der Waals surface area contributed by atoms with Gasteiger partial charge in [-0.2, -0.15) is 4.98 Å². The van der Waals surface area contributed by atoms with Gasteiger partial charge in [0.2, 0.25) is 5.95 Å². The van der Waals surface area contributed by atoms with E-state index in [1.807, 2.05) is 4.57 Å². The zero-order chi connectivity index (χ0) is 18.8. The molecule has 0 amide bonds. The third-order valence-electron chi connectivity index (χ3n) is 4.64. The van der Waals surface area contributed by atoms with E-state index in [-0.39, 0.29) is 5.56 Å². The molecule has 8 nitrogen and oxygen atoms in total. The van der Waals surface area contributed by atoms with Gasteiger partial charge in [-0.05, 0) is 37.9 Å². The van der Waals surface area contributed by atoms with Gasteiger partial charge in [-0.25, -0.2) is 9.97 Å². The fraction of sp³-hybridized carbons (Fsp3) is 0.444. The number of imidazole rings is 2. The number of piperidine rings is 1. The van der Waals surface area contributed by atoms with E-state index < -0.39 is 0 Å². The zero-order valence-corrected chi connectivity index (χ0v) is 16.2. The van der Waals surface area contributed by atoms with Crippen molar-refractivity contribution >= 4 is 28.9 Å². The average molecular weight is 383 g/mol. The molecule has 1 aliphatic rings. The van der Waals surface area contributed by atoms with E-state index in [1.54, 1.807) is 30.9 Å². The van der Waals surface area contributed by atoms with Gasteiger partial charge >= 0.3 is 0 Å². The monoisotopic (exact) mass is 383 g/mol. The van der Waals surface area contributed by atoms with Crippen LogP contribution in [0.2, 0.25) is 0 Å². The van der Waals surface area contributed by atoms with Crippen molar-refractivity contribution in [2.45, 2.75) is 43.0 Å². The van der Waals surface area contributed by atoms with Crippen molar-refractivity contribution in [2.75, 3.05) is 18.0 Å². The quantitative estimate of drug-likeness (QED) is 0.548. The Balaban J connectivity index is 1.86. The van der Waals surface area contributed by atoms with Crippen molar-refractivity contribution in [1.29, 1.82) is 0 Å². The van der Waals surface area contributed by atoms with Crippen LogP contribution in [0, 0.1) is 11.8 Å². The molecule has 0 atom stereocenters. The lowest BCUT2D eigenvalue weighted by Crippen LogP contribution is -2.32. The van der Waals surface area contributed by atoms with Gasteiger partial charge in [0.1, 0.15) is 0 Å². The molecule has 140 valence electrons. The lowest BCUT2D eigenvalue weighted by molar-refractivity contribution is 0.561. The molecule has 0 unspecified atom stereocenters. The summed E-state index contributed by atoms with van der Waals surface area (Å²) in [6.07, 6.45) is 6.91. The smallest absolute Gasteiger partial charge is 0.280 e. The van der Waals surface area contributed by atoms with Crippen molar-refractivity contribution in [3.8, 4) is 11.8 Å². The molecule has 0 aromatic carbocycles. The van der Waals surface area contributed by atoms with E-state index in [0.717, 1.165) is 31.9 Å². The first-order valence-corrected chi connectivity index (χ1v) is 9.79. The highest BCUT2D eigenvalue weighted by Crippen LogP contribution is 2.26. The maximum Gasteiger partial charge on any atom is 0.280 e. The molecule has 9 heteroatoms. The molecule has 1 saturated heterocycles. The Morgan fingerprint density at radius 3 is 2.78 bits per heavy atom. The third-order valence-corrected chi connectivity index (χ3v) is 5.60. The molecule has 0 radical (unpaired) electrons. The SMILES string of the molecule is CC#CCn1c(N2CCCCC2)nc2nc(Sc3ncc[nH]3)n(C)c(=O)c21. The first-order chi connectivity index (χ1) is 13.2. The van der Waals surface area contributed by atoms with Gasteiger partial charge in [-0.1, -0.05) is 5.92 Å². The molecule has 1 aliphatic heterocycles. The van der Waals surface area contributed by atoms with E-state index in [2.05, 4.69) is 31.7 Å². The Labute approximate surface area is 161 Å². The van der Waals surface area contributed by atoms with Crippen LogP contribution in [-0.2, 0) is 13.6 Å². The Bertz CT molecular complexity index is 1070. The number of nitrogens with zero attached hydrogens (tertiary/aromatic N) is 6. The van der Waals surface area contributed by atoms with E-state index in [9.17, 15) is 4.79 Å². The minimum absolute atomic E-state index is 0.122. The zero-order valence-electron chi connectivity index (χ0n) is 15.4. The van der Waals surface area contributed by atoms with Gasteiger partial charge in [0.05, 0.1) is 6.54 Å². The van der Waals surface area contributed by atoms with Crippen LogP contribution in [0.25, 0.3) is 11.2 Å². The number of rotatable bonds is 4. The summed E-state index contributed by atoms with van der Waals surface area (Å²) in [5.41, 5.74) is 0.845. The number of hydrogen-bond acceptors (Lipinski definition) is 6. The largest absolute Gasteiger partial charge is 0.342 e. The third kappa shape index (κ3) is 3.32. The van der Waals surface area contributed by atoms with Crippen LogP contribution in [0.5, 0.6) is 0 Å². The first-order valence-electron chi connectivity index (χ1n) is 8.98. The highest BCUT2D eigenvalue weighted by Gasteiger charge is 2.23. The summed E-state index contributed by atoms with van der Waals surface area (Å²) < 4.78 is 3.46. The Kier molecular flexibility index (Phi) is 4.90. The average Bonchev–Trinajstić information content (AvgIpc) is 3.32. The van der Waals surface area contributed by atoms with Crippen molar-refractivity contribution in [3.05, 3.63) is 22.7 Å². The van der Waals surface area contributed by atoms with Crippen LogP contribution < -0.4 is 10.5 Å². The van der Waals surface area contributed by atoms with Gasteiger partial charge < -0.3 is 9.88 Å². The molecule has 4 rings (SSSR count). The Morgan fingerprint density at radius 2 is 2.07 bits per heavy atom. The number of nitrogens with one attached hydrogen (secondary N) is 1. The molecule has 27 heavy (non-hydrogen) atoms. The summed E-state index contributed by atoms with van der Waals surface area (Å²) in [7, 11) is 1.73. The number of aromatic nitrogens is 6. The maximum absolute atomic E-state index is 13.1. The number of anilines is 1. The fourth-order valence-electron chi connectivity index (χ4n) is 3.26. The van der Waals surface area contributed by atoms with Crippen LogP contribution in [0.4, 0.5) is 5.95 Å². The van der Waals surface area contributed by atoms with E-state index in [0.29, 0.717) is 28.0 Å². The normalized spacial score (nSPS) is 14.4. The predicted molar refractivity (Wildman–Crippen MR) is 105 cm³/mol. The minimum Gasteiger partial charge on any atom is -0.342 e. The van der Waals surface area contributed by atoms with Crippen LogP contribution >= 0.6 is 11.8 Å². The van der Waals surface area contributed by atoms with Gasteiger partial charge in [0, 0.05) is 32.5 Å². The van der Waals surface area contributed by atoms with Crippen molar-refractivity contribution in [3.63, 3.8) is 0 Å². The highest BCUT2D eigenvalue weighted by molar-refractivity contribution is 7.99. The van der Waals surface area contributed by atoms with Crippen LogP contribution in [-0.4, -0.2) is 42.2 Å². The van der Waals surface area contributed by atoms with Crippen LogP contribution in [0.1, 0.15) is 26.2 Å². The first kappa shape index (κ1) is 17.7. The Hall–Kier alpha value is -2.73. The summed E-state index contributed by atoms with van der Waals surface area (Å²) in [6, 6.07) is 0. The molecule has 3 aromatic rings. The number of fused-ring (bicyclic) bond motifs is 1. The van der Waals surface area contributed by atoms with Gasteiger partial charge in [-0.15, -0.1) is 5.92 Å². The molecule has 1 N–H and O–H groups in total. The number of aromatic amines is 1. The predicted octanol–water partition coefficient (Wildman–Crippen LogP) is 2.02. The summed E-state index contributed by atoms with van der Waals surface area (Å²) in [6.45, 7) is 4.11. The second kappa shape index (κ2) is 7.48. The number of H-pyrrole nitrogens is 1. The van der Waals surface area contributed by atoms with Crippen LogP contribution in [0.15, 0.2) is 27.5 Å². The molecular formula is C18H21N7OS. The standard InChI is InChI=1S/C18H21N7OS/c1-3-4-12-25-13-14(21-17(25)24-10-6-5-7-11-24)22-18(23(2)15(13)26)27-16-19-8-9-20-16/h8-9H,5-7,10-12H2,1-2H3,(H,19,20). The second-order valence-corrected chi connectivity index (χ2v) is 7.36. The second-order valence-electron chi connectivity index (χ2n) is 6.40. The fourth-order valence-corrected chi connectivity index (χ4v) is 4.02. The highest BCUT2D eigenvalue weighted by atomic mass is 32.2. The van der Waals surface area contributed by atoms with Crippen molar-refractivity contribution in [2.24, 2.45) is 7.05 Å². The molecule has 1 fully saturated rings. The minimum atomic E-state index is -0.122. The molecule has 0 saturated carbocycles. The lowest BCUT2D eigenvalue weighted by atomic mass is 10.1. The van der Waals surface area contributed by atoms with Crippen molar-refractivity contribution in [1.82, 2.24) is 29.1 Å². The topological polar surface area (TPSA) is 84.6 Å². The molecule has 3 aromatic heterocycles. The summed E-state index contributed by atoms with van der Waals surface area (Å²) in [4.78, 5) is 32.0. The number of hydrogen-bond donors (Lipinski definition) is 1. The maximum atomic E-state index is 13.1. The molecular weight excluding hydrogens is 362 g/mol. The van der Waals surface area contributed by atoms with Gasteiger partial charge in [0.25, 0.3) is 5.56 Å². The van der Waals surface area contributed by atoms with E-state index in [1.165, 1.54) is 18.2 Å². The van der Waals surface area contributed by atoms with Gasteiger partial charge in [0.15, 0.2) is 21.5 Å². The van der Waals surface area contributed by atoms with E-state index in [4.69, 9.17) is 4.98 Å². The molecule has 4 heterocycles. The van der Waals surface area contributed by atoms with E-state index >= 15 is 0 Å². The summed E-state index contributed by atoms with van der Waals surface area (Å²) >= 11 is 1.31. The molecule has 0 aliphatic carbocycles. The van der Waals surface area contributed by atoms with Crippen molar-refractivity contribution < 1.29 is 0 Å². The Morgan fingerprint density at radius 1 is 1.26 bits per heavy atom.